The van der Waals surface area contributed by atoms with Gasteiger partial charge in [0.15, 0.2) is 0 Å². The molecule has 6 nitrogen and oxygen atoms in total. The van der Waals surface area contributed by atoms with E-state index in [1.54, 1.807) is 19.2 Å². The molecule has 1 heterocycles. The molecule has 0 fully saturated rings. The molecule has 1 rings (SSSR count). The number of likely N-dealkylation sites (N-methyl/N-ethyl adjacent to an activating group) is 1. The van der Waals surface area contributed by atoms with Crippen molar-refractivity contribution in [2.45, 2.75) is 0 Å². The van der Waals surface area contributed by atoms with E-state index in [4.69, 9.17) is 11.5 Å². The van der Waals surface area contributed by atoms with Gasteiger partial charge < -0.3 is 22.1 Å². The Morgan fingerprint density at radius 2 is 2.21 bits per heavy atom. The number of hydrogen-bond acceptors (Lipinski definition) is 5. The molecule has 6 heteroatoms. The zero-order valence-electron chi connectivity index (χ0n) is 7.87. The summed E-state index contributed by atoms with van der Waals surface area (Å²) in [5, 5.41) is 5.28. The van der Waals surface area contributed by atoms with Crippen molar-refractivity contribution in [2.24, 2.45) is 0 Å². The van der Waals surface area contributed by atoms with Gasteiger partial charge in [0.05, 0.1) is 12.2 Å². The van der Waals surface area contributed by atoms with Crippen molar-refractivity contribution in [3.63, 3.8) is 0 Å². The monoisotopic (exact) mass is 195 g/mol. The lowest BCUT2D eigenvalue weighted by molar-refractivity contribution is -0.115. The van der Waals surface area contributed by atoms with Gasteiger partial charge in [-0.3, -0.25) is 4.79 Å². The van der Waals surface area contributed by atoms with Crippen molar-refractivity contribution in [1.82, 2.24) is 10.3 Å². The van der Waals surface area contributed by atoms with Crippen LogP contribution >= 0.6 is 0 Å². The topological polar surface area (TPSA) is 106 Å². The highest BCUT2D eigenvalue weighted by molar-refractivity contribution is 5.91. The Balaban J connectivity index is 2.68. The van der Waals surface area contributed by atoms with Gasteiger partial charge >= 0.3 is 0 Å². The van der Waals surface area contributed by atoms with Crippen molar-refractivity contribution in [2.75, 3.05) is 30.4 Å². The predicted octanol–water partition coefficient (Wildman–Crippen LogP) is -0.596. The highest BCUT2D eigenvalue weighted by atomic mass is 16.1. The molecule has 0 atom stereocenters. The molecular formula is C8H13N5O. The summed E-state index contributed by atoms with van der Waals surface area (Å²) in [6, 6.07) is 3.19. The van der Waals surface area contributed by atoms with Gasteiger partial charge in [0.25, 0.3) is 0 Å². The van der Waals surface area contributed by atoms with Gasteiger partial charge in [0, 0.05) is 0 Å². The van der Waals surface area contributed by atoms with Crippen molar-refractivity contribution < 1.29 is 4.79 Å². The fourth-order valence-corrected chi connectivity index (χ4v) is 0.903. The minimum Gasteiger partial charge on any atom is -0.396 e. The van der Waals surface area contributed by atoms with Gasteiger partial charge in [-0.2, -0.15) is 0 Å². The van der Waals surface area contributed by atoms with Crippen LogP contribution in [0.1, 0.15) is 0 Å². The molecule has 0 aromatic carbocycles. The Labute approximate surface area is 81.7 Å². The van der Waals surface area contributed by atoms with E-state index in [0.717, 1.165) is 0 Å². The van der Waals surface area contributed by atoms with Gasteiger partial charge in [0.2, 0.25) is 5.91 Å². The Kier molecular flexibility index (Phi) is 3.24. The zero-order valence-corrected chi connectivity index (χ0v) is 7.87. The molecule has 76 valence electrons. The standard InChI is InChI=1S/C8H13N5O/c1-11-4-7(14)12-6-3-2-5(9)8(10)13-6/h2-3,11H,4,9H2,1H3,(H3,10,12,13,14). The maximum absolute atomic E-state index is 11.1. The SMILES string of the molecule is CNCC(=O)Nc1ccc(N)c(N)n1. The number of carbonyl (C=O) groups excluding carboxylic acids is 1. The second-order valence-corrected chi connectivity index (χ2v) is 2.75. The fourth-order valence-electron chi connectivity index (χ4n) is 0.903. The van der Waals surface area contributed by atoms with Crippen molar-refractivity contribution in [3.05, 3.63) is 12.1 Å². The molecule has 1 aromatic heterocycles. The van der Waals surface area contributed by atoms with Crippen LogP contribution in [0.3, 0.4) is 0 Å². The first-order valence-corrected chi connectivity index (χ1v) is 4.10. The molecule has 1 amide bonds. The molecule has 0 radical (unpaired) electrons. The summed E-state index contributed by atoms with van der Waals surface area (Å²) in [5.74, 6) is 0.438. The Morgan fingerprint density at radius 1 is 1.50 bits per heavy atom. The van der Waals surface area contributed by atoms with Crippen LogP contribution in [0.5, 0.6) is 0 Å². The number of amides is 1. The molecular weight excluding hydrogens is 182 g/mol. The van der Waals surface area contributed by atoms with E-state index in [2.05, 4.69) is 15.6 Å². The Morgan fingerprint density at radius 3 is 2.79 bits per heavy atom. The third-order valence-corrected chi connectivity index (χ3v) is 1.56. The van der Waals surface area contributed by atoms with E-state index in [-0.39, 0.29) is 18.3 Å². The number of carbonyl (C=O) groups is 1. The largest absolute Gasteiger partial charge is 0.396 e. The van der Waals surface area contributed by atoms with Crippen LogP contribution in [0.4, 0.5) is 17.3 Å². The van der Waals surface area contributed by atoms with E-state index < -0.39 is 0 Å². The first-order chi connectivity index (χ1) is 6.63. The van der Waals surface area contributed by atoms with Crippen molar-refractivity contribution in [1.29, 1.82) is 0 Å². The van der Waals surface area contributed by atoms with E-state index in [0.29, 0.717) is 11.5 Å². The second-order valence-electron chi connectivity index (χ2n) is 2.75. The van der Waals surface area contributed by atoms with E-state index in [9.17, 15) is 4.79 Å². The summed E-state index contributed by atoms with van der Waals surface area (Å²) in [6.45, 7) is 0.228. The molecule has 0 spiro atoms. The molecule has 14 heavy (non-hydrogen) atoms. The molecule has 0 aliphatic heterocycles. The minimum absolute atomic E-state index is 0.177. The third-order valence-electron chi connectivity index (χ3n) is 1.56. The molecule has 0 unspecified atom stereocenters. The summed E-state index contributed by atoms with van der Waals surface area (Å²) < 4.78 is 0. The average molecular weight is 195 g/mol. The summed E-state index contributed by atoms with van der Waals surface area (Å²) in [4.78, 5) is 15.0. The highest BCUT2D eigenvalue weighted by Gasteiger charge is 2.03. The van der Waals surface area contributed by atoms with Gasteiger partial charge in [-0.15, -0.1) is 0 Å². The van der Waals surface area contributed by atoms with E-state index in [1.165, 1.54) is 0 Å². The average Bonchev–Trinajstić information content (AvgIpc) is 2.12. The van der Waals surface area contributed by atoms with Crippen LogP contribution in [-0.2, 0) is 4.79 Å². The van der Waals surface area contributed by atoms with Crippen molar-refractivity contribution in [3.8, 4) is 0 Å². The third kappa shape index (κ3) is 2.60. The number of nitrogens with one attached hydrogen (secondary N) is 2. The number of hydrogen-bond donors (Lipinski definition) is 4. The number of anilines is 3. The van der Waals surface area contributed by atoms with Crippen LogP contribution in [0.25, 0.3) is 0 Å². The summed E-state index contributed by atoms with van der Waals surface area (Å²) in [7, 11) is 1.68. The van der Waals surface area contributed by atoms with Crippen LogP contribution < -0.4 is 22.1 Å². The number of pyridine rings is 1. The van der Waals surface area contributed by atoms with Gasteiger partial charge in [0.1, 0.15) is 11.6 Å². The summed E-state index contributed by atoms with van der Waals surface area (Å²) in [6.07, 6.45) is 0. The quantitative estimate of drug-likeness (QED) is 0.515. The Bertz CT molecular complexity index is 339. The lowest BCUT2D eigenvalue weighted by atomic mass is 10.4. The number of aromatic nitrogens is 1. The maximum atomic E-state index is 11.1. The highest BCUT2D eigenvalue weighted by Crippen LogP contribution is 2.14. The molecule has 0 aliphatic carbocycles. The Hall–Kier alpha value is -1.82. The number of nitrogens with zero attached hydrogens (tertiary/aromatic N) is 1. The predicted molar refractivity (Wildman–Crippen MR) is 55.6 cm³/mol. The number of rotatable bonds is 3. The van der Waals surface area contributed by atoms with E-state index in [1.807, 2.05) is 0 Å². The van der Waals surface area contributed by atoms with Gasteiger partial charge in [-0.25, -0.2) is 4.98 Å². The van der Waals surface area contributed by atoms with Crippen LogP contribution in [0.2, 0.25) is 0 Å². The summed E-state index contributed by atoms with van der Waals surface area (Å²) in [5.41, 5.74) is 11.3. The lowest BCUT2D eigenvalue weighted by Crippen LogP contribution is -2.25. The maximum Gasteiger partial charge on any atom is 0.239 e. The normalized spacial score (nSPS) is 9.79. The number of nitrogens with two attached hydrogens (primary N) is 2. The van der Waals surface area contributed by atoms with Crippen LogP contribution in [0.15, 0.2) is 12.1 Å². The molecule has 0 saturated heterocycles. The summed E-state index contributed by atoms with van der Waals surface area (Å²) >= 11 is 0. The molecule has 1 aromatic rings. The number of nitrogen functional groups attached to an aromatic ring is 2. The minimum atomic E-state index is -0.177. The van der Waals surface area contributed by atoms with Crippen LogP contribution in [0, 0.1) is 0 Å². The molecule has 0 aliphatic rings. The fraction of sp³-hybridized carbons (Fsp3) is 0.250. The smallest absolute Gasteiger partial charge is 0.239 e. The zero-order chi connectivity index (χ0) is 10.6. The first-order valence-electron chi connectivity index (χ1n) is 4.10. The van der Waals surface area contributed by atoms with Crippen LogP contribution in [-0.4, -0.2) is 24.5 Å². The second kappa shape index (κ2) is 4.43. The van der Waals surface area contributed by atoms with Gasteiger partial charge in [-0.1, -0.05) is 0 Å². The molecule has 6 N–H and O–H groups in total. The van der Waals surface area contributed by atoms with Crippen molar-refractivity contribution >= 4 is 23.2 Å². The molecule has 0 bridgehead atoms. The van der Waals surface area contributed by atoms with E-state index >= 15 is 0 Å². The first kappa shape index (κ1) is 10.3. The lowest BCUT2D eigenvalue weighted by Gasteiger charge is -2.05. The van der Waals surface area contributed by atoms with Gasteiger partial charge in [-0.05, 0) is 19.2 Å². The molecule has 0 saturated carbocycles.